The number of fused-ring (bicyclic) bond motifs is 1. The van der Waals surface area contributed by atoms with Crippen LogP contribution in [0.2, 0.25) is 0 Å². The van der Waals surface area contributed by atoms with Crippen LogP contribution in [-0.2, 0) is 6.42 Å². The topological polar surface area (TPSA) is 84.2 Å². The molecule has 0 saturated heterocycles. The van der Waals surface area contributed by atoms with E-state index >= 15 is 0 Å². The summed E-state index contributed by atoms with van der Waals surface area (Å²) in [6, 6.07) is 25.0. The van der Waals surface area contributed by atoms with E-state index < -0.39 is 0 Å². The van der Waals surface area contributed by atoms with Crippen LogP contribution in [-0.4, -0.2) is 18.5 Å². The lowest BCUT2D eigenvalue weighted by Gasteiger charge is -2.21. The second-order valence-electron chi connectivity index (χ2n) is 6.44. The average molecular weight is 408 g/mol. The second kappa shape index (κ2) is 9.12. The molecule has 1 aliphatic rings. The first kappa shape index (κ1) is 20.2. The van der Waals surface area contributed by atoms with Crippen molar-refractivity contribution in [1.29, 1.82) is 10.8 Å². The summed E-state index contributed by atoms with van der Waals surface area (Å²) in [6.07, 6.45) is 0.907. The standard InChI is InChI=1S/C22H21N5O.ClH/c23-21(26-22(24)27-15-14-16-6-4-5-9-20(16)27)25-17-10-12-19(13-11-17)28-18-7-2-1-3-8-18;/h1-13H,14-15H2,(H4,23,24,25,26);1H. The summed E-state index contributed by atoms with van der Waals surface area (Å²) in [5.74, 6) is 1.73. The van der Waals surface area contributed by atoms with E-state index in [9.17, 15) is 0 Å². The molecular formula is C22H22ClN5O. The SMILES string of the molecule is Cl.N=C(NC(=N)N1CCc2ccccc21)Nc1ccc(Oc2ccccc2)cc1. The number of rotatable bonds is 3. The highest BCUT2D eigenvalue weighted by molar-refractivity contribution is 6.08. The van der Waals surface area contributed by atoms with Crippen LogP contribution in [0.1, 0.15) is 5.56 Å². The molecule has 0 atom stereocenters. The fourth-order valence-electron chi connectivity index (χ4n) is 3.16. The van der Waals surface area contributed by atoms with Crippen molar-refractivity contribution >= 4 is 35.7 Å². The Bertz CT molecular complexity index is 992. The molecule has 1 heterocycles. The van der Waals surface area contributed by atoms with Crippen LogP contribution >= 0.6 is 12.4 Å². The Labute approximate surface area is 175 Å². The Morgan fingerprint density at radius 2 is 1.48 bits per heavy atom. The van der Waals surface area contributed by atoms with Crippen LogP contribution in [0.4, 0.5) is 11.4 Å². The van der Waals surface area contributed by atoms with Gasteiger partial charge in [-0.05, 0) is 54.4 Å². The summed E-state index contributed by atoms with van der Waals surface area (Å²) < 4.78 is 5.77. The maximum absolute atomic E-state index is 8.29. The van der Waals surface area contributed by atoms with Crippen LogP contribution in [0.15, 0.2) is 78.9 Å². The highest BCUT2D eigenvalue weighted by Gasteiger charge is 2.22. The lowest BCUT2D eigenvalue weighted by Crippen LogP contribution is -2.45. The smallest absolute Gasteiger partial charge is 0.202 e. The van der Waals surface area contributed by atoms with Gasteiger partial charge in [0.05, 0.1) is 0 Å². The summed E-state index contributed by atoms with van der Waals surface area (Å²) in [5, 5.41) is 22.2. The summed E-state index contributed by atoms with van der Waals surface area (Å²) in [4.78, 5) is 1.88. The van der Waals surface area contributed by atoms with E-state index in [2.05, 4.69) is 16.7 Å². The lowest BCUT2D eigenvalue weighted by molar-refractivity contribution is 0.483. The highest BCUT2D eigenvalue weighted by Crippen LogP contribution is 2.27. The number of hydrogen-bond acceptors (Lipinski definition) is 3. The molecule has 148 valence electrons. The third-order valence-electron chi connectivity index (χ3n) is 4.50. The summed E-state index contributed by atoms with van der Waals surface area (Å²) in [7, 11) is 0. The number of hydrogen-bond donors (Lipinski definition) is 4. The van der Waals surface area contributed by atoms with Gasteiger partial charge in [-0.2, -0.15) is 0 Å². The normalized spacial score (nSPS) is 11.8. The van der Waals surface area contributed by atoms with Crippen molar-refractivity contribution in [2.75, 3.05) is 16.8 Å². The Kier molecular flexibility index (Phi) is 6.36. The van der Waals surface area contributed by atoms with Crippen molar-refractivity contribution in [2.45, 2.75) is 6.42 Å². The lowest BCUT2D eigenvalue weighted by atomic mass is 10.2. The number of halogens is 1. The molecule has 1 aliphatic heterocycles. The molecule has 0 fully saturated rings. The van der Waals surface area contributed by atoms with Crippen LogP contribution in [0, 0.1) is 10.8 Å². The first-order valence-electron chi connectivity index (χ1n) is 9.08. The third kappa shape index (κ3) is 4.86. The zero-order valence-electron chi connectivity index (χ0n) is 15.7. The van der Waals surface area contributed by atoms with Gasteiger partial charge in [0.1, 0.15) is 11.5 Å². The minimum absolute atomic E-state index is 0. The van der Waals surface area contributed by atoms with Crippen molar-refractivity contribution in [2.24, 2.45) is 0 Å². The number of anilines is 2. The van der Waals surface area contributed by atoms with Gasteiger partial charge in [0.25, 0.3) is 0 Å². The van der Waals surface area contributed by atoms with E-state index in [-0.39, 0.29) is 24.3 Å². The molecular weight excluding hydrogens is 386 g/mol. The van der Waals surface area contributed by atoms with Crippen LogP contribution < -0.4 is 20.3 Å². The van der Waals surface area contributed by atoms with E-state index in [1.807, 2.05) is 77.7 Å². The van der Waals surface area contributed by atoms with Gasteiger partial charge < -0.3 is 15.0 Å². The Balaban J connectivity index is 0.00000240. The molecule has 3 aromatic carbocycles. The zero-order valence-corrected chi connectivity index (χ0v) is 16.5. The number of nitrogens with zero attached hydrogens (tertiary/aromatic N) is 1. The van der Waals surface area contributed by atoms with Crippen LogP contribution in [0.3, 0.4) is 0 Å². The fraction of sp³-hybridized carbons (Fsp3) is 0.0909. The Morgan fingerprint density at radius 3 is 2.24 bits per heavy atom. The van der Waals surface area contributed by atoms with Crippen molar-refractivity contribution in [3.63, 3.8) is 0 Å². The largest absolute Gasteiger partial charge is 0.457 e. The Morgan fingerprint density at radius 1 is 0.828 bits per heavy atom. The molecule has 0 amide bonds. The van der Waals surface area contributed by atoms with E-state index in [0.29, 0.717) is 0 Å². The molecule has 4 N–H and O–H groups in total. The monoisotopic (exact) mass is 407 g/mol. The van der Waals surface area contributed by atoms with Crippen molar-refractivity contribution < 1.29 is 4.74 Å². The minimum Gasteiger partial charge on any atom is -0.457 e. The zero-order chi connectivity index (χ0) is 19.3. The van der Waals surface area contributed by atoms with Gasteiger partial charge >= 0.3 is 0 Å². The molecule has 0 aromatic heterocycles. The fourth-order valence-corrected chi connectivity index (χ4v) is 3.16. The predicted octanol–water partition coefficient (Wildman–Crippen LogP) is 4.83. The van der Waals surface area contributed by atoms with E-state index in [1.54, 1.807) is 0 Å². The molecule has 0 unspecified atom stereocenters. The van der Waals surface area contributed by atoms with Gasteiger partial charge in [-0.15, -0.1) is 12.4 Å². The number of ether oxygens (including phenoxy) is 1. The van der Waals surface area contributed by atoms with E-state index in [0.717, 1.165) is 35.8 Å². The molecule has 0 radical (unpaired) electrons. The molecule has 0 aliphatic carbocycles. The van der Waals surface area contributed by atoms with Gasteiger partial charge in [0, 0.05) is 17.9 Å². The molecule has 3 aromatic rings. The van der Waals surface area contributed by atoms with Crippen molar-refractivity contribution in [3.05, 3.63) is 84.4 Å². The number of nitrogens with one attached hydrogen (secondary N) is 4. The molecule has 0 bridgehead atoms. The van der Waals surface area contributed by atoms with Gasteiger partial charge in [0.2, 0.25) is 5.96 Å². The molecule has 0 spiro atoms. The quantitative estimate of drug-likeness (QED) is 0.370. The highest BCUT2D eigenvalue weighted by atomic mass is 35.5. The molecule has 0 saturated carbocycles. The van der Waals surface area contributed by atoms with Crippen LogP contribution in [0.5, 0.6) is 11.5 Å². The maximum atomic E-state index is 8.29. The number of para-hydroxylation sites is 2. The predicted molar refractivity (Wildman–Crippen MR) is 120 cm³/mol. The molecule has 29 heavy (non-hydrogen) atoms. The first-order valence-corrected chi connectivity index (χ1v) is 9.08. The Hall–Kier alpha value is -3.51. The number of guanidine groups is 2. The van der Waals surface area contributed by atoms with Crippen LogP contribution in [0.25, 0.3) is 0 Å². The number of benzene rings is 3. The maximum Gasteiger partial charge on any atom is 0.202 e. The van der Waals surface area contributed by atoms with Gasteiger partial charge in [-0.3, -0.25) is 16.1 Å². The minimum atomic E-state index is 0. The van der Waals surface area contributed by atoms with E-state index in [4.69, 9.17) is 15.6 Å². The van der Waals surface area contributed by atoms with Gasteiger partial charge in [-0.25, -0.2) is 0 Å². The summed E-state index contributed by atoms with van der Waals surface area (Å²) >= 11 is 0. The first-order chi connectivity index (χ1) is 13.7. The average Bonchev–Trinajstić information content (AvgIpc) is 3.14. The van der Waals surface area contributed by atoms with Gasteiger partial charge in [-0.1, -0.05) is 36.4 Å². The van der Waals surface area contributed by atoms with E-state index in [1.165, 1.54) is 5.56 Å². The molecule has 6 nitrogen and oxygen atoms in total. The molecule has 4 rings (SSSR count). The second-order valence-corrected chi connectivity index (χ2v) is 6.44. The third-order valence-corrected chi connectivity index (χ3v) is 4.50. The summed E-state index contributed by atoms with van der Waals surface area (Å²) in [5.41, 5.74) is 2.99. The molecule has 7 heteroatoms. The van der Waals surface area contributed by atoms with Crippen molar-refractivity contribution in [3.8, 4) is 11.5 Å². The van der Waals surface area contributed by atoms with Gasteiger partial charge in [0.15, 0.2) is 5.96 Å². The summed E-state index contributed by atoms with van der Waals surface area (Å²) in [6.45, 7) is 0.740. The van der Waals surface area contributed by atoms with Crippen molar-refractivity contribution in [1.82, 2.24) is 5.32 Å².